The zero-order valence-electron chi connectivity index (χ0n) is 11.6. The van der Waals surface area contributed by atoms with Crippen molar-refractivity contribution >= 4 is 5.97 Å². The van der Waals surface area contributed by atoms with Crippen LogP contribution in [-0.2, 0) is 14.3 Å². The van der Waals surface area contributed by atoms with E-state index in [0.717, 1.165) is 0 Å². The monoisotopic (exact) mass is 264 g/mol. The number of para-hydroxylation sites is 1. The summed E-state index contributed by atoms with van der Waals surface area (Å²) in [4.78, 5) is 11.9. The lowest BCUT2D eigenvalue weighted by Gasteiger charge is -2.14. The summed E-state index contributed by atoms with van der Waals surface area (Å²) in [6, 6.07) is 9.12. The fraction of sp³-hybridized carbons (Fsp3) is 0.400. The Morgan fingerprint density at radius 2 is 1.95 bits per heavy atom. The Bertz CT molecular complexity index is 411. The number of hydrogen-bond acceptors (Lipinski definition) is 4. The van der Waals surface area contributed by atoms with Crippen LogP contribution in [0.3, 0.4) is 0 Å². The van der Waals surface area contributed by atoms with E-state index in [1.807, 2.05) is 32.0 Å². The fourth-order valence-corrected chi connectivity index (χ4v) is 1.45. The van der Waals surface area contributed by atoms with Crippen molar-refractivity contribution in [2.45, 2.75) is 33.5 Å². The molecule has 104 valence electrons. The SMILES string of the molecule is CCC=C(Oc1ccccc1)C(=O)OC(C)OCC. The second-order valence-corrected chi connectivity index (χ2v) is 3.82. The highest BCUT2D eigenvalue weighted by Crippen LogP contribution is 2.15. The van der Waals surface area contributed by atoms with E-state index in [1.165, 1.54) is 0 Å². The van der Waals surface area contributed by atoms with Crippen LogP contribution in [0.2, 0.25) is 0 Å². The number of benzene rings is 1. The molecule has 0 radical (unpaired) electrons. The number of carbonyl (C=O) groups excluding carboxylic acids is 1. The third-order valence-electron chi connectivity index (χ3n) is 2.24. The average molecular weight is 264 g/mol. The number of allylic oxidation sites excluding steroid dienone is 1. The Morgan fingerprint density at radius 3 is 2.53 bits per heavy atom. The standard InChI is InChI=1S/C15H20O4/c1-4-9-14(15(16)18-12(3)17-5-2)19-13-10-7-6-8-11-13/h6-12H,4-5H2,1-3H3. The van der Waals surface area contributed by atoms with Gasteiger partial charge in [-0.3, -0.25) is 0 Å². The van der Waals surface area contributed by atoms with Crippen LogP contribution in [0.4, 0.5) is 0 Å². The molecule has 1 aromatic carbocycles. The average Bonchev–Trinajstić information content (AvgIpc) is 2.39. The van der Waals surface area contributed by atoms with Crippen molar-refractivity contribution in [3.05, 3.63) is 42.2 Å². The minimum absolute atomic E-state index is 0.181. The number of rotatable bonds is 7. The Hall–Kier alpha value is -1.81. The van der Waals surface area contributed by atoms with E-state index in [1.54, 1.807) is 25.1 Å². The van der Waals surface area contributed by atoms with Gasteiger partial charge in [-0.05, 0) is 38.5 Å². The second-order valence-electron chi connectivity index (χ2n) is 3.82. The van der Waals surface area contributed by atoms with E-state index in [4.69, 9.17) is 14.2 Å². The molecule has 0 aliphatic carbocycles. The first-order valence-electron chi connectivity index (χ1n) is 6.43. The molecule has 0 aliphatic heterocycles. The molecule has 0 spiro atoms. The molecule has 0 aliphatic rings. The quantitative estimate of drug-likeness (QED) is 0.328. The molecule has 0 saturated carbocycles. The first-order valence-corrected chi connectivity index (χ1v) is 6.43. The molecule has 4 nitrogen and oxygen atoms in total. The highest BCUT2D eigenvalue weighted by Gasteiger charge is 2.16. The van der Waals surface area contributed by atoms with Crippen LogP contribution >= 0.6 is 0 Å². The van der Waals surface area contributed by atoms with Crippen LogP contribution in [0.25, 0.3) is 0 Å². The van der Waals surface area contributed by atoms with E-state index >= 15 is 0 Å². The van der Waals surface area contributed by atoms with Crippen LogP contribution < -0.4 is 4.74 Å². The van der Waals surface area contributed by atoms with Gasteiger partial charge >= 0.3 is 5.97 Å². The summed E-state index contributed by atoms with van der Waals surface area (Å²) in [5.74, 6) is 0.259. The minimum atomic E-state index is -0.586. The van der Waals surface area contributed by atoms with Crippen LogP contribution in [0, 0.1) is 0 Å². The molecule has 0 saturated heterocycles. The molecule has 0 amide bonds. The van der Waals surface area contributed by atoms with Gasteiger partial charge in [0.25, 0.3) is 0 Å². The molecule has 0 fully saturated rings. The predicted molar refractivity (Wildman–Crippen MR) is 72.6 cm³/mol. The van der Waals surface area contributed by atoms with Gasteiger partial charge < -0.3 is 14.2 Å². The minimum Gasteiger partial charge on any atom is -0.450 e. The molecule has 1 aromatic rings. The molecule has 0 heterocycles. The van der Waals surface area contributed by atoms with Crippen LogP contribution in [-0.4, -0.2) is 18.9 Å². The lowest BCUT2D eigenvalue weighted by Crippen LogP contribution is -2.21. The summed E-state index contributed by atoms with van der Waals surface area (Å²) < 4.78 is 15.8. The van der Waals surface area contributed by atoms with Gasteiger partial charge in [0.2, 0.25) is 12.0 Å². The largest absolute Gasteiger partial charge is 0.450 e. The van der Waals surface area contributed by atoms with Gasteiger partial charge in [0.15, 0.2) is 0 Å². The summed E-state index contributed by atoms with van der Waals surface area (Å²) in [7, 11) is 0. The number of hydrogen-bond donors (Lipinski definition) is 0. The zero-order valence-corrected chi connectivity index (χ0v) is 11.6. The molecule has 19 heavy (non-hydrogen) atoms. The predicted octanol–water partition coefficient (Wildman–Crippen LogP) is 3.29. The van der Waals surface area contributed by atoms with Crippen molar-refractivity contribution in [2.75, 3.05) is 6.61 Å². The third-order valence-corrected chi connectivity index (χ3v) is 2.24. The zero-order chi connectivity index (χ0) is 14.1. The smallest absolute Gasteiger partial charge is 0.376 e. The van der Waals surface area contributed by atoms with Gasteiger partial charge in [0, 0.05) is 6.61 Å². The summed E-state index contributed by atoms with van der Waals surface area (Å²) in [6.45, 7) is 5.93. The summed E-state index contributed by atoms with van der Waals surface area (Å²) >= 11 is 0. The molecule has 1 unspecified atom stereocenters. The number of esters is 1. The van der Waals surface area contributed by atoms with Crippen LogP contribution in [0.1, 0.15) is 27.2 Å². The molecular formula is C15H20O4. The maximum Gasteiger partial charge on any atom is 0.376 e. The lowest BCUT2D eigenvalue weighted by atomic mass is 10.3. The van der Waals surface area contributed by atoms with Gasteiger partial charge in [-0.2, -0.15) is 0 Å². The van der Waals surface area contributed by atoms with E-state index in [9.17, 15) is 4.79 Å². The van der Waals surface area contributed by atoms with Gasteiger partial charge in [0.05, 0.1) is 0 Å². The normalized spacial score (nSPS) is 12.9. The van der Waals surface area contributed by atoms with Gasteiger partial charge in [-0.15, -0.1) is 0 Å². The first kappa shape index (κ1) is 15.2. The van der Waals surface area contributed by atoms with Gasteiger partial charge in [-0.25, -0.2) is 4.79 Å². The van der Waals surface area contributed by atoms with Gasteiger partial charge in [0.1, 0.15) is 5.75 Å². The summed E-state index contributed by atoms with van der Waals surface area (Å²) in [5, 5.41) is 0. The highest BCUT2D eigenvalue weighted by atomic mass is 16.7. The summed E-state index contributed by atoms with van der Waals surface area (Å²) in [5.41, 5.74) is 0. The molecule has 1 rings (SSSR count). The van der Waals surface area contributed by atoms with E-state index in [-0.39, 0.29) is 5.76 Å². The Morgan fingerprint density at radius 1 is 1.26 bits per heavy atom. The maximum absolute atomic E-state index is 11.9. The van der Waals surface area contributed by atoms with E-state index in [0.29, 0.717) is 18.8 Å². The van der Waals surface area contributed by atoms with E-state index in [2.05, 4.69) is 0 Å². The summed E-state index contributed by atoms with van der Waals surface area (Å²) in [6.07, 6.45) is 1.78. The van der Waals surface area contributed by atoms with Crippen LogP contribution in [0.5, 0.6) is 5.75 Å². The van der Waals surface area contributed by atoms with Crippen molar-refractivity contribution in [3.63, 3.8) is 0 Å². The first-order chi connectivity index (χ1) is 9.17. The van der Waals surface area contributed by atoms with Crippen molar-refractivity contribution < 1.29 is 19.0 Å². The van der Waals surface area contributed by atoms with Gasteiger partial charge in [-0.1, -0.05) is 25.1 Å². The Balaban J connectivity index is 2.67. The van der Waals surface area contributed by atoms with Crippen molar-refractivity contribution in [1.29, 1.82) is 0 Å². The Labute approximate surface area is 114 Å². The molecule has 0 bridgehead atoms. The fourth-order valence-electron chi connectivity index (χ4n) is 1.45. The highest BCUT2D eigenvalue weighted by molar-refractivity contribution is 5.86. The lowest BCUT2D eigenvalue weighted by molar-refractivity contribution is -0.171. The van der Waals surface area contributed by atoms with Crippen LogP contribution in [0.15, 0.2) is 42.2 Å². The second kappa shape index (κ2) is 8.32. The van der Waals surface area contributed by atoms with Crippen molar-refractivity contribution in [2.24, 2.45) is 0 Å². The van der Waals surface area contributed by atoms with E-state index < -0.39 is 12.3 Å². The Kier molecular flexibility index (Phi) is 6.68. The third kappa shape index (κ3) is 5.57. The molecule has 1 atom stereocenters. The molecular weight excluding hydrogens is 244 g/mol. The van der Waals surface area contributed by atoms with Crippen molar-refractivity contribution in [3.8, 4) is 5.75 Å². The topological polar surface area (TPSA) is 44.8 Å². The maximum atomic E-state index is 11.9. The van der Waals surface area contributed by atoms with Crippen molar-refractivity contribution in [1.82, 2.24) is 0 Å². The number of ether oxygens (including phenoxy) is 3. The molecule has 4 heteroatoms. The molecule has 0 N–H and O–H groups in total. The number of carbonyl (C=O) groups is 1. The molecule has 0 aromatic heterocycles.